The van der Waals surface area contributed by atoms with Crippen molar-refractivity contribution in [3.8, 4) is 11.1 Å². The van der Waals surface area contributed by atoms with Crippen LogP contribution in [0.5, 0.6) is 0 Å². The summed E-state index contributed by atoms with van der Waals surface area (Å²) in [6.07, 6.45) is 4.73. The quantitative estimate of drug-likeness (QED) is 0.679. The lowest BCUT2D eigenvalue weighted by molar-refractivity contribution is 0.111. The maximum Gasteiger partial charge on any atom is 0.158 e. The van der Waals surface area contributed by atoms with E-state index in [9.17, 15) is 0 Å². The van der Waals surface area contributed by atoms with Crippen LogP contribution in [0.15, 0.2) is 36.7 Å². The standard InChI is InChI=1S/C16H15N3O/c1-19-16-15(9-18-19)14(5-7-17-16)13-4-2-3-11-10-20-8-6-12(11)13/h2-5,7,9H,6,8,10H2,1H3. The van der Waals surface area contributed by atoms with Crippen molar-refractivity contribution in [2.24, 2.45) is 7.05 Å². The van der Waals surface area contributed by atoms with Crippen molar-refractivity contribution in [2.45, 2.75) is 13.0 Å². The van der Waals surface area contributed by atoms with Gasteiger partial charge in [0.25, 0.3) is 0 Å². The van der Waals surface area contributed by atoms with E-state index in [1.807, 2.05) is 24.1 Å². The molecular formula is C16H15N3O. The van der Waals surface area contributed by atoms with E-state index in [0.29, 0.717) is 6.61 Å². The summed E-state index contributed by atoms with van der Waals surface area (Å²) >= 11 is 0. The fraction of sp³-hybridized carbons (Fsp3) is 0.250. The average Bonchev–Trinajstić information content (AvgIpc) is 2.88. The number of rotatable bonds is 1. The number of ether oxygens (including phenoxy) is 1. The minimum absolute atomic E-state index is 0.713. The molecule has 0 N–H and O–H groups in total. The zero-order chi connectivity index (χ0) is 13.5. The van der Waals surface area contributed by atoms with Crippen LogP contribution in [-0.2, 0) is 24.8 Å². The second-order valence-electron chi connectivity index (χ2n) is 5.11. The molecule has 0 aliphatic carbocycles. The molecule has 0 saturated heterocycles. The first-order chi connectivity index (χ1) is 9.84. The van der Waals surface area contributed by atoms with Gasteiger partial charge in [-0.25, -0.2) is 4.98 Å². The minimum atomic E-state index is 0.713. The topological polar surface area (TPSA) is 39.9 Å². The van der Waals surface area contributed by atoms with Crippen molar-refractivity contribution in [1.29, 1.82) is 0 Å². The number of pyridine rings is 1. The number of fused-ring (bicyclic) bond motifs is 2. The van der Waals surface area contributed by atoms with Crippen molar-refractivity contribution >= 4 is 11.0 Å². The van der Waals surface area contributed by atoms with Crippen LogP contribution in [0.1, 0.15) is 11.1 Å². The van der Waals surface area contributed by atoms with Crippen LogP contribution in [0, 0.1) is 0 Å². The van der Waals surface area contributed by atoms with Gasteiger partial charge in [-0.05, 0) is 34.7 Å². The summed E-state index contributed by atoms with van der Waals surface area (Å²) in [5.41, 5.74) is 6.11. The Labute approximate surface area is 117 Å². The first-order valence-electron chi connectivity index (χ1n) is 6.80. The molecule has 1 aliphatic rings. The highest BCUT2D eigenvalue weighted by atomic mass is 16.5. The van der Waals surface area contributed by atoms with E-state index in [-0.39, 0.29) is 0 Å². The lowest BCUT2D eigenvalue weighted by Crippen LogP contribution is -2.10. The summed E-state index contributed by atoms with van der Waals surface area (Å²) in [6, 6.07) is 8.52. The van der Waals surface area contributed by atoms with Gasteiger partial charge in [0.15, 0.2) is 5.65 Å². The van der Waals surface area contributed by atoms with Gasteiger partial charge in [0.05, 0.1) is 19.4 Å². The molecule has 1 aromatic carbocycles. The number of aromatic nitrogens is 3. The second-order valence-corrected chi connectivity index (χ2v) is 5.11. The molecule has 4 heteroatoms. The van der Waals surface area contributed by atoms with Crippen molar-refractivity contribution in [3.05, 3.63) is 47.8 Å². The SMILES string of the molecule is Cn1ncc2c(-c3cccc4c3CCOC4)ccnc21. The van der Waals surface area contributed by atoms with Crippen LogP contribution in [-0.4, -0.2) is 21.4 Å². The zero-order valence-corrected chi connectivity index (χ0v) is 11.3. The Morgan fingerprint density at radius 3 is 3.10 bits per heavy atom. The molecule has 0 bridgehead atoms. The Morgan fingerprint density at radius 1 is 1.20 bits per heavy atom. The highest BCUT2D eigenvalue weighted by molar-refractivity contribution is 5.93. The molecule has 4 nitrogen and oxygen atoms in total. The summed E-state index contributed by atoms with van der Waals surface area (Å²) in [7, 11) is 1.92. The fourth-order valence-corrected chi connectivity index (χ4v) is 2.96. The molecule has 3 aromatic rings. The first-order valence-corrected chi connectivity index (χ1v) is 6.80. The van der Waals surface area contributed by atoms with Crippen molar-refractivity contribution in [1.82, 2.24) is 14.8 Å². The highest BCUT2D eigenvalue weighted by Gasteiger charge is 2.16. The molecule has 0 fully saturated rings. The second kappa shape index (κ2) is 4.42. The van der Waals surface area contributed by atoms with E-state index in [2.05, 4.69) is 34.3 Å². The van der Waals surface area contributed by atoms with E-state index in [0.717, 1.165) is 24.1 Å². The predicted octanol–water partition coefficient (Wildman–Crippen LogP) is 2.71. The van der Waals surface area contributed by atoms with E-state index >= 15 is 0 Å². The summed E-state index contributed by atoms with van der Waals surface area (Å²) in [5.74, 6) is 0. The van der Waals surface area contributed by atoms with E-state index in [1.54, 1.807) is 0 Å². The van der Waals surface area contributed by atoms with Crippen LogP contribution in [0.3, 0.4) is 0 Å². The van der Waals surface area contributed by atoms with Gasteiger partial charge in [0.1, 0.15) is 0 Å². The normalized spacial score (nSPS) is 14.4. The zero-order valence-electron chi connectivity index (χ0n) is 11.3. The average molecular weight is 265 g/mol. The van der Waals surface area contributed by atoms with Gasteiger partial charge in [-0.15, -0.1) is 0 Å². The van der Waals surface area contributed by atoms with Gasteiger partial charge in [-0.1, -0.05) is 18.2 Å². The van der Waals surface area contributed by atoms with Crippen LogP contribution in [0.4, 0.5) is 0 Å². The summed E-state index contributed by atoms with van der Waals surface area (Å²) in [5, 5.41) is 5.43. The Morgan fingerprint density at radius 2 is 2.15 bits per heavy atom. The van der Waals surface area contributed by atoms with Crippen LogP contribution in [0.2, 0.25) is 0 Å². The molecular weight excluding hydrogens is 250 g/mol. The Balaban J connectivity index is 2.00. The van der Waals surface area contributed by atoms with Crippen LogP contribution in [0.25, 0.3) is 22.2 Å². The Hall–Kier alpha value is -2.20. The molecule has 0 amide bonds. The summed E-state index contributed by atoms with van der Waals surface area (Å²) in [6.45, 7) is 1.51. The number of aryl methyl sites for hydroxylation is 1. The molecule has 0 spiro atoms. The largest absolute Gasteiger partial charge is 0.376 e. The van der Waals surface area contributed by atoms with Gasteiger partial charge in [0.2, 0.25) is 0 Å². The maximum atomic E-state index is 5.55. The molecule has 0 atom stereocenters. The van der Waals surface area contributed by atoms with Gasteiger partial charge < -0.3 is 4.74 Å². The summed E-state index contributed by atoms with van der Waals surface area (Å²) in [4.78, 5) is 4.41. The molecule has 0 saturated carbocycles. The monoisotopic (exact) mass is 265 g/mol. The van der Waals surface area contributed by atoms with E-state index < -0.39 is 0 Å². The maximum absolute atomic E-state index is 5.55. The molecule has 2 aromatic heterocycles. The smallest absolute Gasteiger partial charge is 0.158 e. The fourth-order valence-electron chi connectivity index (χ4n) is 2.96. The van der Waals surface area contributed by atoms with Crippen molar-refractivity contribution in [2.75, 3.05) is 6.61 Å². The van der Waals surface area contributed by atoms with Crippen LogP contribution >= 0.6 is 0 Å². The van der Waals surface area contributed by atoms with Crippen molar-refractivity contribution < 1.29 is 4.74 Å². The van der Waals surface area contributed by atoms with Gasteiger partial charge >= 0.3 is 0 Å². The number of hydrogen-bond donors (Lipinski definition) is 0. The highest BCUT2D eigenvalue weighted by Crippen LogP contribution is 2.33. The summed E-state index contributed by atoms with van der Waals surface area (Å²) < 4.78 is 7.37. The third-order valence-corrected chi connectivity index (χ3v) is 3.95. The number of nitrogens with zero attached hydrogens (tertiary/aromatic N) is 3. The molecule has 0 unspecified atom stereocenters. The molecule has 4 rings (SSSR count). The third kappa shape index (κ3) is 1.65. The Kier molecular flexibility index (Phi) is 2.57. The molecule has 3 heterocycles. The third-order valence-electron chi connectivity index (χ3n) is 3.95. The lowest BCUT2D eigenvalue weighted by Gasteiger charge is -2.20. The van der Waals surface area contributed by atoms with E-state index in [4.69, 9.17) is 4.74 Å². The van der Waals surface area contributed by atoms with Crippen molar-refractivity contribution in [3.63, 3.8) is 0 Å². The number of benzene rings is 1. The number of hydrogen-bond acceptors (Lipinski definition) is 3. The van der Waals surface area contributed by atoms with E-state index in [1.165, 1.54) is 22.3 Å². The lowest BCUT2D eigenvalue weighted by atomic mass is 9.92. The molecule has 0 radical (unpaired) electrons. The Bertz CT molecular complexity index is 792. The first kappa shape index (κ1) is 11.6. The molecule has 20 heavy (non-hydrogen) atoms. The molecule has 100 valence electrons. The molecule has 1 aliphatic heterocycles. The van der Waals surface area contributed by atoms with Gasteiger partial charge in [0, 0.05) is 18.6 Å². The predicted molar refractivity (Wildman–Crippen MR) is 77.3 cm³/mol. The minimum Gasteiger partial charge on any atom is -0.376 e. The van der Waals surface area contributed by atoms with Gasteiger partial charge in [-0.2, -0.15) is 5.10 Å². The van der Waals surface area contributed by atoms with Gasteiger partial charge in [-0.3, -0.25) is 4.68 Å². The van der Waals surface area contributed by atoms with Crippen LogP contribution < -0.4 is 0 Å².